The highest BCUT2D eigenvalue weighted by atomic mass is 32.2. The van der Waals surface area contributed by atoms with E-state index in [4.69, 9.17) is 4.74 Å². The first-order valence-corrected chi connectivity index (χ1v) is 15.9. The number of fused-ring (bicyclic) bond motifs is 1. The molecule has 1 aliphatic rings. The summed E-state index contributed by atoms with van der Waals surface area (Å²) >= 11 is 0. The van der Waals surface area contributed by atoms with Crippen molar-refractivity contribution in [3.8, 4) is 11.3 Å². The van der Waals surface area contributed by atoms with Gasteiger partial charge < -0.3 is 20.4 Å². The minimum Gasteiger partial charge on any atom is -0.383 e. The van der Waals surface area contributed by atoms with Gasteiger partial charge >= 0.3 is 0 Å². The lowest BCUT2D eigenvalue weighted by molar-refractivity contribution is -0.125. The van der Waals surface area contributed by atoms with Gasteiger partial charge in [-0.15, -0.1) is 0 Å². The van der Waals surface area contributed by atoms with Gasteiger partial charge in [0, 0.05) is 55.7 Å². The first-order valence-electron chi connectivity index (χ1n) is 14.0. The number of aromatic nitrogens is 3. The third kappa shape index (κ3) is 6.29. The number of nitrogens with zero attached hydrogens (tertiary/aromatic N) is 4. The molecule has 0 spiro atoms. The number of rotatable bonds is 9. The first-order chi connectivity index (χ1) is 20.9. The number of benzene rings is 2. The van der Waals surface area contributed by atoms with Crippen molar-refractivity contribution in [1.29, 1.82) is 0 Å². The summed E-state index contributed by atoms with van der Waals surface area (Å²) in [7, 11) is -0.174. The SMILES string of the molecule is COC[C@@H](C(=O)Nc1cccc2c(-c3nc(Nc4cccc(S(C)(=O)=O)c4F)ncc3F)c[nH]c12)N1C[C@H](C)N(C)[C@@H](C)C1. The average molecular weight is 628 g/mol. The molecule has 1 aliphatic heterocycles. The van der Waals surface area contributed by atoms with Crippen LogP contribution < -0.4 is 10.6 Å². The number of ether oxygens (including phenoxy) is 1. The second-order valence-electron chi connectivity index (χ2n) is 11.1. The van der Waals surface area contributed by atoms with Crippen LogP contribution in [-0.4, -0.2) is 97.3 Å². The fraction of sp³-hybridized carbons (Fsp3) is 0.367. The maximum absolute atomic E-state index is 15.1. The highest BCUT2D eigenvalue weighted by molar-refractivity contribution is 7.90. The zero-order valence-corrected chi connectivity index (χ0v) is 25.9. The molecule has 0 aliphatic carbocycles. The van der Waals surface area contributed by atoms with E-state index in [0.29, 0.717) is 35.2 Å². The van der Waals surface area contributed by atoms with E-state index in [-0.39, 0.29) is 41.9 Å². The Balaban J connectivity index is 1.43. The van der Waals surface area contributed by atoms with Crippen molar-refractivity contribution in [1.82, 2.24) is 24.8 Å². The molecular formula is C30H35F2N7O4S. The Morgan fingerprint density at radius 3 is 2.50 bits per heavy atom. The van der Waals surface area contributed by atoms with E-state index in [1.807, 2.05) is 0 Å². The van der Waals surface area contributed by atoms with Gasteiger partial charge in [0.05, 0.1) is 29.7 Å². The fourth-order valence-corrected chi connectivity index (χ4v) is 6.27. The van der Waals surface area contributed by atoms with Crippen molar-refractivity contribution in [2.24, 2.45) is 0 Å². The number of amides is 1. The molecule has 4 aromatic rings. The predicted octanol–water partition coefficient (Wildman–Crippen LogP) is 4.03. The molecule has 14 heteroatoms. The molecule has 0 bridgehead atoms. The molecule has 2 aromatic carbocycles. The maximum Gasteiger partial charge on any atom is 0.244 e. The quantitative estimate of drug-likeness (QED) is 0.252. The van der Waals surface area contributed by atoms with Crippen LogP contribution in [0, 0.1) is 11.6 Å². The van der Waals surface area contributed by atoms with Gasteiger partial charge in [0.2, 0.25) is 11.9 Å². The summed E-state index contributed by atoms with van der Waals surface area (Å²) < 4.78 is 59.3. The number of nitrogens with one attached hydrogen (secondary N) is 3. The van der Waals surface area contributed by atoms with Crippen molar-refractivity contribution in [3.63, 3.8) is 0 Å². The van der Waals surface area contributed by atoms with Gasteiger partial charge in [-0.25, -0.2) is 27.2 Å². The minimum atomic E-state index is -3.82. The number of para-hydroxylation sites is 1. The number of aromatic amines is 1. The van der Waals surface area contributed by atoms with Gasteiger partial charge in [-0.3, -0.25) is 14.6 Å². The fourth-order valence-electron chi connectivity index (χ4n) is 5.51. The maximum atomic E-state index is 15.1. The first kappa shape index (κ1) is 31.4. The highest BCUT2D eigenvalue weighted by Crippen LogP contribution is 2.34. The number of sulfone groups is 1. The van der Waals surface area contributed by atoms with Crippen molar-refractivity contribution in [2.75, 3.05) is 50.7 Å². The molecule has 0 unspecified atom stereocenters. The predicted molar refractivity (Wildman–Crippen MR) is 165 cm³/mol. The number of methoxy groups -OCH3 is 1. The molecule has 44 heavy (non-hydrogen) atoms. The lowest BCUT2D eigenvalue weighted by Gasteiger charge is -2.44. The molecule has 3 heterocycles. The second-order valence-corrected chi connectivity index (χ2v) is 13.1. The van der Waals surface area contributed by atoms with E-state index in [1.165, 1.54) is 12.1 Å². The van der Waals surface area contributed by atoms with Crippen LogP contribution in [0.5, 0.6) is 0 Å². The topological polar surface area (TPSA) is 133 Å². The van der Waals surface area contributed by atoms with Gasteiger partial charge in [0.1, 0.15) is 16.6 Å². The summed E-state index contributed by atoms with van der Waals surface area (Å²) in [6.07, 6.45) is 3.41. The van der Waals surface area contributed by atoms with Crippen molar-refractivity contribution in [3.05, 3.63) is 60.4 Å². The third-order valence-corrected chi connectivity index (χ3v) is 9.15. The van der Waals surface area contributed by atoms with Crippen LogP contribution in [0.3, 0.4) is 0 Å². The molecule has 11 nitrogen and oxygen atoms in total. The largest absolute Gasteiger partial charge is 0.383 e. The smallest absolute Gasteiger partial charge is 0.244 e. The van der Waals surface area contributed by atoms with Crippen molar-refractivity contribution in [2.45, 2.75) is 36.9 Å². The van der Waals surface area contributed by atoms with Crippen molar-refractivity contribution < 1.29 is 26.7 Å². The Labute approximate surface area is 254 Å². The zero-order chi connectivity index (χ0) is 31.8. The molecule has 1 fully saturated rings. The average Bonchev–Trinajstić information content (AvgIpc) is 3.40. The van der Waals surface area contributed by atoms with Gasteiger partial charge in [0.15, 0.2) is 21.5 Å². The minimum absolute atomic E-state index is 0.0745. The van der Waals surface area contributed by atoms with E-state index in [9.17, 15) is 17.6 Å². The molecule has 0 saturated carbocycles. The van der Waals surface area contributed by atoms with Crippen LogP contribution in [-0.2, 0) is 19.4 Å². The molecule has 3 N–H and O–H groups in total. The number of hydrogen-bond acceptors (Lipinski definition) is 9. The Kier molecular flexibility index (Phi) is 8.97. The Bertz CT molecular complexity index is 1790. The number of halogens is 2. The summed E-state index contributed by atoms with van der Waals surface area (Å²) in [4.78, 5) is 28.8. The van der Waals surface area contributed by atoms with E-state index in [0.717, 1.165) is 18.5 Å². The third-order valence-electron chi connectivity index (χ3n) is 8.04. The Morgan fingerprint density at radius 1 is 1.14 bits per heavy atom. The number of H-pyrrole nitrogens is 1. The zero-order valence-electron chi connectivity index (χ0n) is 25.1. The highest BCUT2D eigenvalue weighted by Gasteiger charge is 2.34. The van der Waals surface area contributed by atoms with Crippen LogP contribution in [0.1, 0.15) is 13.8 Å². The van der Waals surface area contributed by atoms with Gasteiger partial charge in [0.25, 0.3) is 0 Å². The van der Waals surface area contributed by atoms with Crippen LogP contribution in [0.25, 0.3) is 22.2 Å². The van der Waals surface area contributed by atoms with Gasteiger partial charge in [-0.2, -0.15) is 0 Å². The van der Waals surface area contributed by atoms with E-state index in [1.54, 1.807) is 31.5 Å². The number of likely N-dealkylation sites (N-methyl/N-ethyl adjacent to an activating group) is 1. The summed E-state index contributed by atoms with van der Waals surface area (Å²) in [5.41, 5.74) is 1.20. The van der Waals surface area contributed by atoms with E-state index >= 15 is 4.39 Å². The molecule has 1 saturated heterocycles. The molecule has 5 rings (SSSR count). The lowest BCUT2D eigenvalue weighted by Crippen LogP contribution is -2.60. The summed E-state index contributed by atoms with van der Waals surface area (Å²) in [6.45, 7) is 5.90. The van der Waals surface area contributed by atoms with E-state index in [2.05, 4.69) is 56.3 Å². The molecule has 234 valence electrons. The molecule has 2 aromatic heterocycles. The summed E-state index contributed by atoms with van der Waals surface area (Å²) in [5, 5.41) is 6.25. The van der Waals surface area contributed by atoms with Crippen molar-refractivity contribution >= 4 is 44.0 Å². The second kappa shape index (κ2) is 12.6. The Hall–Kier alpha value is -3.98. The van der Waals surface area contributed by atoms with Crippen LogP contribution in [0.4, 0.5) is 26.1 Å². The van der Waals surface area contributed by atoms with Gasteiger partial charge in [-0.1, -0.05) is 18.2 Å². The molecule has 0 radical (unpaired) electrons. The standard InChI is InChI=1S/C30H35F2N7O4S/c1-17-14-39(15-18(2)38(17)3)24(16-43-4)29(40)35-23-10-6-8-19-20(12-33-28(19)23)27-21(31)13-34-30(37-27)36-22-9-7-11-25(26(22)32)44(5,41)42/h6-13,17-18,24,33H,14-16H2,1-5H3,(H,35,40)(H,34,36,37)/t17-,18-,24-/m0/s1. The number of piperazine rings is 1. The lowest BCUT2D eigenvalue weighted by atomic mass is 10.1. The van der Waals surface area contributed by atoms with Gasteiger partial charge in [-0.05, 0) is 39.1 Å². The van der Waals surface area contributed by atoms with Crippen LogP contribution in [0.15, 0.2) is 53.7 Å². The number of anilines is 3. The monoisotopic (exact) mass is 627 g/mol. The summed E-state index contributed by atoms with van der Waals surface area (Å²) in [5.74, 6) is -2.08. The summed E-state index contributed by atoms with van der Waals surface area (Å²) in [6, 6.07) is 9.13. The number of hydrogen-bond donors (Lipinski definition) is 3. The van der Waals surface area contributed by atoms with Crippen LogP contribution in [0.2, 0.25) is 0 Å². The normalized spacial score (nSPS) is 18.8. The van der Waals surface area contributed by atoms with E-state index < -0.39 is 32.4 Å². The molecule has 3 atom stereocenters. The molecule has 1 amide bonds. The molecular weight excluding hydrogens is 592 g/mol. The number of carbonyl (C=O) groups is 1. The Morgan fingerprint density at radius 2 is 1.82 bits per heavy atom. The number of carbonyl (C=O) groups excluding carboxylic acids is 1. The van der Waals surface area contributed by atoms with Crippen LogP contribution >= 0.6 is 0 Å².